The molecule has 1 aromatic heterocycles. The van der Waals surface area contributed by atoms with Gasteiger partial charge in [0.1, 0.15) is 0 Å². The van der Waals surface area contributed by atoms with Gasteiger partial charge in [0, 0.05) is 24.5 Å². The number of methoxy groups -OCH3 is 1. The first kappa shape index (κ1) is 12.9. The number of ketones is 1. The van der Waals surface area contributed by atoms with Crippen molar-refractivity contribution >= 4 is 17.1 Å². The molecule has 0 aliphatic carbocycles. The van der Waals surface area contributed by atoms with Crippen molar-refractivity contribution in [3.8, 4) is 0 Å². The summed E-state index contributed by atoms with van der Waals surface area (Å²) in [4.78, 5) is 16.4. The molecule has 0 saturated heterocycles. The zero-order valence-corrected chi connectivity index (χ0v) is 11.1. The lowest BCUT2D eigenvalue weighted by Gasteiger charge is -1.98. The van der Waals surface area contributed by atoms with Gasteiger partial charge in [-0.15, -0.1) is 11.3 Å². The molecular weight excluding hydrogens is 246 g/mol. The van der Waals surface area contributed by atoms with Gasteiger partial charge in [0.15, 0.2) is 5.78 Å². The molecule has 0 saturated carbocycles. The van der Waals surface area contributed by atoms with Crippen LogP contribution in [-0.4, -0.2) is 24.5 Å². The van der Waals surface area contributed by atoms with E-state index in [1.807, 2.05) is 35.7 Å². The molecule has 4 heteroatoms. The van der Waals surface area contributed by atoms with Crippen LogP contribution < -0.4 is 0 Å². The van der Waals surface area contributed by atoms with Gasteiger partial charge < -0.3 is 4.74 Å². The third-order valence-electron chi connectivity index (χ3n) is 2.56. The summed E-state index contributed by atoms with van der Waals surface area (Å²) in [7, 11) is 1.67. The number of ether oxygens (including phenoxy) is 1. The number of thiazole rings is 1. The summed E-state index contributed by atoms with van der Waals surface area (Å²) in [5.74, 6) is 0.110. The van der Waals surface area contributed by atoms with Crippen molar-refractivity contribution in [2.75, 3.05) is 13.7 Å². The van der Waals surface area contributed by atoms with Gasteiger partial charge in [0.05, 0.1) is 23.7 Å². The van der Waals surface area contributed by atoms with Gasteiger partial charge in [-0.25, -0.2) is 4.98 Å². The minimum Gasteiger partial charge on any atom is -0.384 e. The molecule has 0 radical (unpaired) electrons. The fourth-order valence-electron chi connectivity index (χ4n) is 1.62. The van der Waals surface area contributed by atoms with E-state index in [9.17, 15) is 4.79 Å². The van der Waals surface area contributed by atoms with E-state index < -0.39 is 0 Å². The molecule has 0 bridgehead atoms. The predicted octanol–water partition coefficient (Wildman–Crippen LogP) is 2.76. The first-order chi connectivity index (χ1) is 8.79. The van der Waals surface area contributed by atoms with E-state index >= 15 is 0 Å². The van der Waals surface area contributed by atoms with Crippen LogP contribution in [0.4, 0.5) is 0 Å². The third-order valence-corrected chi connectivity index (χ3v) is 3.51. The second kappa shape index (κ2) is 6.42. The Morgan fingerprint density at radius 1 is 1.33 bits per heavy atom. The molecule has 2 aromatic rings. The van der Waals surface area contributed by atoms with Crippen molar-refractivity contribution < 1.29 is 9.53 Å². The Bertz CT molecular complexity index is 508. The van der Waals surface area contributed by atoms with Gasteiger partial charge in [-0.05, 0) is 0 Å². The molecule has 0 spiro atoms. The average Bonchev–Trinajstić information content (AvgIpc) is 2.85. The predicted molar refractivity (Wildman–Crippen MR) is 72.2 cm³/mol. The highest BCUT2D eigenvalue weighted by atomic mass is 32.1. The molecule has 2 rings (SSSR count). The highest BCUT2D eigenvalue weighted by Crippen LogP contribution is 2.13. The summed E-state index contributed by atoms with van der Waals surface area (Å²) < 4.78 is 5.01. The van der Waals surface area contributed by atoms with Crippen LogP contribution in [0.15, 0.2) is 35.7 Å². The van der Waals surface area contributed by atoms with Gasteiger partial charge >= 0.3 is 0 Å². The highest BCUT2D eigenvalue weighted by molar-refractivity contribution is 7.09. The smallest absolute Gasteiger partial charge is 0.168 e. The Hall–Kier alpha value is -1.52. The van der Waals surface area contributed by atoms with Gasteiger partial charge in [0.2, 0.25) is 0 Å². The van der Waals surface area contributed by atoms with Crippen molar-refractivity contribution in [1.29, 1.82) is 0 Å². The quantitative estimate of drug-likeness (QED) is 0.751. The lowest BCUT2D eigenvalue weighted by molar-refractivity contribution is 0.0992. The normalized spacial score (nSPS) is 10.5. The van der Waals surface area contributed by atoms with E-state index in [4.69, 9.17) is 4.74 Å². The molecule has 1 aromatic carbocycles. The monoisotopic (exact) mass is 261 g/mol. The van der Waals surface area contributed by atoms with Crippen LogP contribution in [-0.2, 0) is 17.6 Å². The number of carbonyl (C=O) groups is 1. The standard InChI is InChI=1S/C14H15NO2S/c1-17-8-7-14-15-12(10-18-14)9-13(16)11-5-3-2-4-6-11/h2-6,10H,7-9H2,1H3. The maximum absolute atomic E-state index is 12.0. The second-order valence-corrected chi connectivity index (χ2v) is 4.88. The summed E-state index contributed by atoms with van der Waals surface area (Å²) in [6, 6.07) is 9.32. The van der Waals surface area contributed by atoms with Crippen LogP contribution >= 0.6 is 11.3 Å². The van der Waals surface area contributed by atoms with Crippen molar-refractivity contribution in [2.24, 2.45) is 0 Å². The topological polar surface area (TPSA) is 39.2 Å². The number of carbonyl (C=O) groups excluding carboxylic acids is 1. The van der Waals surface area contributed by atoms with Gasteiger partial charge in [-0.1, -0.05) is 30.3 Å². The Labute approximate surface area is 110 Å². The number of benzene rings is 1. The van der Waals surface area contributed by atoms with Crippen molar-refractivity contribution in [1.82, 2.24) is 4.98 Å². The Morgan fingerprint density at radius 3 is 2.83 bits per heavy atom. The van der Waals surface area contributed by atoms with E-state index in [1.54, 1.807) is 18.4 Å². The number of aromatic nitrogens is 1. The van der Waals surface area contributed by atoms with Gasteiger partial charge in [-0.3, -0.25) is 4.79 Å². The molecule has 94 valence electrons. The molecule has 1 heterocycles. The summed E-state index contributed by atoms with van der Waals surface area (Å²) in [5, 5.41) is 2.97. The van der Waals surface area contributed by atoms with E-state index in [0.717, 1.165) is 22.7 Å². The van der Waals surface area contributed by atoms with Crippen LogP contribution in [0.1, 0.15) is 21.1 Å². The van der Waals surface area contributed by atoms with Crippen molar-refractivity contribution in [3.05, 3.63) is 52.0 Å². The molecule has 0 N–H and O–H groups in total. The summed E-state index contributed by atoms with van der Waals surface area (Å²) in [5.41, 5.74) is 1.59. The fourth-order valence-corrected chi connectivity index (χ4v) is 2.40. The van der Waals surface area contributed by atoms with E-state index in [0.29, 0.717) is 13.0 Å². The maximum Gasteiger partial charge on any atom is 0.168 e. The van der Waals surface area contributed by atoms with Crippen molar-refractivity contribution in [2.45, 2.75) is 12.8 Å². The van der Waals surface area contributed by atoms with Crippen LogP contribution in [0, 0.1) is 0 Å². The van der Waals surface area contributed by atoms with Crippen LogP contribution in [0.5, 0.6) is 0 Å². The molecule has 0 unspecified atom stereocenters. The highest BCUT2D eigenvalue weighted by Gasteiger charge is 2.09. The Kier molecular flexibility index (Phi) is 4.61. The lowest BCUT2D eigenvalue weighted by atomic mass is 10.1. The SMILES string of the molecule is COCCc1nc(CC(=O)c2ccccc2)cs1. The van der Waals surface area contributed by atoms with Crippen LogP contribution in [0.25, 0.3) is 0 Å². The van der Waals surface area contributed by atoms with E-state index in [1.165, 1.54) is 0 Å². The maximum atomic E-state index is 12.0. The van der Waals surface area contributed by atoms with Gasteiger partial charge in [0.25, 0.3) is 0 Å². The first-order valence-corrected chi connectivity index (χ1v) is 6.68. The summed E-state index contributed by atoms with van der Waals surface area (Å²) in [6.45, 7) is 0.666. The van der Waals surface area contributed by atoms with Gasteiger partial charge in [-0.2, -0.15) is 0 Å². The molecular formula is C14H15NO2S. The first-order valence-electron chi connectivity index (χ1n) is 5.80. The van der Waals surface area contributed by atoms with Crippen molar-refractivity contribution in [3.63, 3.8) is 0 Å². The molecule has 0 aliphatic heterocycles. The number of Topliss-reactive ketones (excluding diaryl/α,β-unsaturated/α-hetero) is 1. The molecule has 0 aliphatic rings. The molecule has 0 atom stereocenters. The number of rotatable bonds is 6. The number of nitrogens with zero attached hydrogens (tertiary/aromatic N) is 1. The number of hydrogen-bond donors (Lipinski definition) is 0. The molecule has 0 fully saturated rings. The molecule has 18 heavy (non-hydrogen) atoms. The summed E-state index contributed by atoms with van der Waals surface area (Å²) in [6.07, 6.45) is 1.17. The zero-order valence-electron chi connectivity index (χ0n) is 10.3. The fraction of sp³-hybridized carbons (Fsp3) is 0.286. The van der Waals surface area contributed by atoms with E-state index in [-0.39, 0.29) is 5.78 Å². The largest absolute Gasteiger partial charge is 0.384 e. The minimum absolute atomic E-state index is 0.110. The molecule has 0 amide bonds. The zero-order chi connectivity index (χ0) is 12.8. The summed E-state index contributed by atoms with van der Waals surface area (Å²) >= 11 is 1.58. The number of hydrogen-bond acceptors (Lipinski definition) is 4. The average molecular weight is 261 g/mol. The van der Waals surface area contributed by atoms with Crippen LogP contribution in [0.2, 0.25) is 0 Å². The van der Waals surface area contributed by atoms with Crippen LogP contribution in [0.3, 0.4) is 0 Å². The van der Waals surface area contributed by atoms with E-state index in [2.05, 4.69) is 4.98 Å². The second-order valence-electron chi connectivity index (χ2n) is 3.94. The molecule has 3 nitrogen and oxygen atoms in total. The minimum atomic E-state index is 0.110. The Balaban J connectivity index is 1.97. The third kappa shape index (κ3) is 3.48. The Morgan fingerprint density at radius 2 is 2.11 bits per heavy atom. The lowest BCUT2D eigenvalue weighted by Crippen LogP contribution is -2.04.